The summed E-state index contributed by atoms with van der Waals surface area (Å²) in [7, 11) is 0. The highest BCUT2D eigenvalue weighted by Crippen LogP contribution is 1.96. The Morgan fingerprint density at radius 1 is 1.43 bits per heavy atom. The highest BCUT2D eigenvalue weighted by atomic mass is 16.5. The number of hydrogen-bond acceptors (Lipinski definition) is 5. The van der Waals surface area contributed by atoms with E-state index < -0.39 is 0 Å². The summed E-state index contributed by atoms with van der Waals surface area (Å²) in [6.45, 7) is 2.67. The summed E-state index contributed by atoms with van der Waals surface area (Å²) in [6.07, 6.45) is 1.63. The van der Waals surface area contributed by atoms with Crippen molar-refractivity contribution in [3.8, 4) is 0 Å². The van der Waals surface area contributed by atoms with Crippen LogP contribution in [-0.4, -0.2) is 36.0 Å². The van der Waals surface area contributed by atoms with Crippen LogP contribution >= 0.6 is 0 Å². The fourth-order valence-electron chi connectivity index (χ4n) is 1.39. The molecule has 0 atom stereocenters. The topological polar surface area (TPSA) is 73.4 Å². The summed E-state index contributed by atoms with van der Waals surface area (Å²) < 4.78 is 6.65. The van der Waals surface area contributed by atoms with Crippen LogP contribution in [-0.2, 0) is 4.74 Å². The Bertz CT molecular complexity index is 370. The first-order valence-electron chi connectivity index (χ1n) is 4.45. The van der Waals surface area contributed by atoms with E-state index in [4.69, 9.17) is 10.5 Å². The quantitative estimate of drug-likeness (QED) is 0.610. The van der Waals surface area contributed by atoms with Crippen LogP contribution in [0.25, 0.3) is 0 Å². The van der Waals surface area contributed by atoms with E-state index in [1.807, 2.05) is 5.01 Å². The number of morpholine rings is 1. The standard InChI is InChI=1S/C8H12N4O2/c9-7-1-2-12(8(13)10-7)11-3-5-14-6-4-11/h1-2H,3-6H2,(H2,9,10,13). The van der Waals surface area contributed by atoms with E-state index in [2.05, 4.69) is 4.98 Å². The fourth-order valence-corrected chi connectivity index (χ4v) is 1.39. The minimum Gasteiger partial charge on any atom is -0.383 e. The van der Waals surface area contributed by atoms with Crippen LogP contribution in [0.1, 0.15) is 0 Å². The zero-order chi connectivity index (χ0) is 9.97. The van der Waals surface area contributed by atoms with Crippen LogP contribution in [0.15, 0.2) is 17.1 Å². The molecule has 1 saturated heterocycles. The molecule has 1 fully saturated rings. The van der Waals surface area contributed by atoms with E-state index in [1.165, 1.54) is 4.68 Å². The van der Waals surface area contributed by atoms with Crippen molar-refractivity contribution in [3.63, 3.8) is 0 Å². The van der Waals surface area contributed by atoms with Crippen molar-refractivity contribution in [1.82, 2.24) is 9.66 Å². The lowest BCUT2D eigenvalue weighted by Gasteiger charge is -2.29. The molecule has 1 aromatic rings. The number of aromatic nitrogens is 2. The maximum absolute atomic E-state index is 11.4. The fraction of sp³-hybridized carbons (Fsp3) is 0.500. The van der Waals surface area contributed by atoms with E-state index in [0.29, 0.717) is 26.3 Å². The Balaban J connectivity index is 2.26. The van der Waals surface area contributed by atoms with Crippen molar-refractivity contribution in [2.75, 3.05) is 37.0 Å². The maximum Gasteiger partial charge on any atom is 0.368 e. The molecule has 2 rings (SSSR count). The van der Waals surface area contributed by atoms with E-state index in [0.717, 1.165) is 0 Å². The summed E-state index contributed by atoms with van der Waals surface area (Å²) in [5.41, 5.74) is 5.05. The van der Waals surface area contributed by atoms with Crippen LogP contribution in [0.5, 0.6) is 0 Å². The lowest BCUT2D eigenvalue weighted by molar-refractivity contribution is 0.110. The number of ether oxygens (including phenoxy) is 1. The number of rotatable bonds is 1. The molecule has 0 amide bonds. The predicted octanol–water partition coefficient (Wildman–Crippen LogP) is -1.21. The van der Waals surface area contributed by atoms with E-state index >= 15 is 0 Å². The maximum atomic E-state index is 11.4. The number of hydrogen-bond donors (Lipinski definition) is 1. The van der Waals surface area contributed by atoms with Gasteiger partial charge in [0.15, 0.2) is 0 Å². The van der Waals surface area contributed by atoms with Gasteiger partial charge in [-0.05, 0) is 6.07 Å². The van der Waals surface area contributed by atoms with Gasteiger partial charge in [0.25, 0.3) is 0 Å². The molecule has 1 aromatic heterocycles. The van der Waals surface area contributed by atoms with Crippen LogP contribution < -0.4 is 16.4 Å². The minimum absolute atomic E-state index is 0.250. The van der Waals surface area contributed by atoms with Gasteiger partial charge in [-0.1, -0.05) is 0 Å². The molecule has 0 unspecified atom stereocenters. The lowest BCUT2D eigenvalue weighted by atomic mass is 10.5. The molecule has 2 N–H and O–H groups in total. The molecule has 76 valence electrons. The van der Waals surface area contributed by atoms with E-state index in [9.17, 15) is 4.79 Å². The molecule has 14 heavy (non-hydrogen) atoms. The summed E-state index contributed by atoms with van der Waals surface area (Å²) in [5.74, 6) is 0.250. The Morgan fingerprint density at radius 3 is 2.79 bits per heavy atom. The van der Waals surface area contributed by atoms with Crippen molar-refractivity contribution >= 4 is 5.82 Å². The molecule has 0 spiro atoms. The Labute approximate surface area is 80.9 Å². The molecule has 0 radical (unpaired) electrons. The van der Waals surface area contributed by atoms with Gasteiger partial charge in [-0.15, -0.1) is 0 Å². The highest BCUT2D eigenvalue weighted by molar-refractivity contribution is 5.23. The zero-order valence-corrected chi connectivity index (χ0v) is 7.72. The van der Waals surface area contributed by atoms with Crippen molar-refractivity contribution < 1.29 is 4.74 Å². The summed E-state index contributed by atoms with van der Waals surface area (Å²) in [6, 6.07) is 1.61. The second-order valence-corrected chi connectivity index (χ2v) is 3.05. The van der Waals surface area contributed by atoms with E-state index in [-0.39, 0.29) is 11.5 Å². The van der Waals surface area contributed by atoms with Gasteiger partial charge in [0.05, 0.1) is 26.3 Å². The Morgan fingerprint density at radius 2 is 2.14 bits per heavy atom. The molecule has 1 aliphatic rings. The van der Waals surface area contributed by atoms with Crippen LogP contribution in [0.4, 0.5) is 5.82 Å². The normalized spacial score (nSPS) is 17.0. The minimum atomic E-state index is -0.341. The number of anilines is 1. The van der Waals surface area contributed by atoms with Gasteiger partial charge in [-0.2, -0.15) is 4.98 Å². The van der Waals surface area contributed by atoms with Gasteiger partial charge in [-0.25, -0.2) is 9.47 Å². The Kier molecular flexibility index (Phi) is 2.36. The smallest absolute Gasteiger partial charge is 0.368 e. The van der Waals surface area contributed by atoms with Gasteiger partial charge in [0.2, 0.25) is 0 Å². The molecule has 0 aromatic carbocycles. The third kappa shape index (κ3) is 1.69. The molecule has 6 heteroatoms. The van der Waals surface area contributed by atoms with Gasteiger partial charge in [-0.3, -0.25) is 0 Å². The first-order chi connectivity index (χ1) is 6.77. The van der Waals surface area contributed by atoms with Gasteiger partial charge in [0, 0.05) is 6.20 Å². The van der Waals surface area contributed by atoms with Crippen molar-refractivity contribution in [2.45, 2.75) is 0 Å². The molecular weight excluding hydrogens is 184 g/mol. The van der Waals surface area contributed by atoms with Gasteiger partial charge >= 0.3 is 5.69 Å². The Hall–Kier alpha value is -1.56. The molecule has 2 heterocycles. The summed E-state index contributed by atoms with van der Waals surface area (Å²) in [4.78, 5) is 15.1. The second kappa shape index (κ2) is 3.67. The zero-order valence-electron chi connectivity index (χ0n) is 7.72. The molecular formula is C8H12N4O2. The molecule has 0 bridgehead atoms. The molecule has 6 nitrogen and oxygen atoms in total. The SMILES string of the molecule is Nc1ccn(N2CCOCC2)c(=O)n1. The largest absolute Gasteiger partial charge is 0.383 e. The summed E-state index contributed by atoms with van der Waals surface area (Å²) in [5, 5.41) is 1.89. The molecule has 1 aliphatic heterocycles. The lowest BCUT2D eigenvalue weighted by Crippen LogP contribution is -2.49. The number of nitrogen functional groups attached to an aromatic ring is 1. The average Bonchev–Trinajstić information content (AvgIpc) is 2.19. The highest BCUT2D eigenvalue weighted by Gasteiger charge is 2.11. The van der Waals surface area contributed by atoms with Crippen molar-refractivity contribution in [3.05, 3.63) is 22.7 Å². The van der Waals surface area contributed by atoms with Crippen LogP contribution in [0.2, 0.25) is 0 Å². The number of nitrogens with two attached hydrogens (primary N) is 1. The predicted molar refractivity (Wildman–Crippen MR) is 51.7 cm³/mol. The first kappa shape index (κ1) is 9.01. The molecule has 0 saturated carbocycles. The van der Waals surface area contributed by atoms with E-state index in [1.54, 1.807) is 12.3 Å². The molecule has 0 aliphatic carbocycles. The monoisotopic (exact) mass is 196 g/mol. The van der Waals surface area contributed by atoms with Crippen molar-refractivity contribution in [1.29, 1.82) is 0 Å². The van der Waals surface area contributed by atoms with Gasteiger partial charge < -0.3 is 15.5 Å². The van der Waals surface area contributed by atoms with Gasteiger partial charge in [0.1, 0.15) is 5.82 Å². The summed E-state index contributed by atoms with van der Waals surface area (Å²) >= 11 is 0. The van der Waals surface area contributed by atoms with Crippen LogP contribution in [0, 0.1) is 0 Å². The third-order valence-electron chi connectivity index (χ3n) is 2.10. The van der Waals surface area contributed by atoms with Crippen molar-refractivity contribution in [2.24, 2.45) is 0 Å². The third-order valence-corrected chi connectivity index (χ3v) is 2.10. The second-order valence-electron chi connectivity index (χ2n) is 3.05. The first-order valence-corrected chi connectivity index (χ1v) is 4.45. The van der Waals surface area contributed by atoms with Crippen LogP contribution in [0.3, 0.4) is 0 Å². The number of nitrogens with zero attached hydrogens (tertiary/aromatic N) is 3. The average molecular weight is 196 g/mol.